The Balaban J connectivity index is 0.829. The van der Waals surface area contributed by atoms with Crippen molar-refractivity contribution >= 4 is 62.9 Å². The Morgan fingerprint density at radius 2 is 1.70 bits per heavy atom. The Kier molecular flexibility index (Phi) is 14.4. The number of carbonyl (C=O) groups excluding carboxylic acids is 6. The summed E-state index contributed by atoms with van der Waals surface area (Å²) < 4.78 is 25.5. The molecule has 5 aliphatic heterocycles. The first-order chi connectivity index (χ1) is 29.2. The van der Waals surface area contributed by atoms with Crippen LogP contribution in [0.1, 0.15) is 77.3 Å². The molecule has 2 aromatic rings. The molecule has 0 bridgehead atoms. The van der Waals surface area contributed by atoms with Gasteiger partial charge in [0.05, 0.1) is 23.4 Å². The van der Waals surface area contributed by atoms with Gasteiger partial charge >= 0.3 is 0 Å². The SMILES string of the molecule is CS(=O)(=O)N1CCC(C(O)N[C@@H](CCCCNC(=O)CCN2CCN(c3ccc4c(c3)C(=O)N(C3CCC(=O)NC3=O)C4=O)CC2)C(=O)NC2NC(c3ccccc3)CS2)C1. The van der Waals surface area contributed by atoms with E-state index in [9.17, 15) is 42.3 Å². The fourth-order valence-electron chi connectivity index (χ4n) is 8.54. The summed E-state index contributed by atoms with van der Waals surface area (Å²) in [6, 6.07) is 13.4. The molecular weight excluding hydrogens is 827 g/mol. The Hall–Kier alpha value is -4.44. The van der Waals surface area contributed by atoms with Gasteiger partial charge in [0.2, 0.25) is 33.7 Å². The van der Waals surface area contributed by atoms with Crippen molar-refractivity contribution in [3.05, 3.63) is 65.2 Å². The number of aliphatic hydroxyl groups excluding tert-OH is 1. The van der Waals surface area contributed by atoms with E-state index >= 15 is 0 Å². The number of carbonyl (C=O) groups is 6. The second kappa shape index (κ2) is 19.7. The Labute approximate surface area is 359 Å². The van der Waals surface area contributed by atoms with Crippen molar-refractivity contribution in [1.29, 1.82) is 0 Å². The van der Waals surface area contributed by atoms with Crippen LogP contribution in [0.5, 0.6) is 0 Å². The van der Waals surface area contributed by atoms with Gasteiger partial charge in [-0.05, 0) is 55.9 Å². The molecule has 0 aromatic heterocycles. The van der Waals surface area contributed by atoms with Crippen LogP contribution in [-0.4, -0.2) is 151 Å². The molecule has 7 rings (SSSR count). The number of nitrogens with zero attached hydrogens (tertiary/aromatic N) is 4. The van der Waals surface area contributed by atoms with Crippen molar-refractivity contribution in [1.82, 2.24) is 40.7 Å². The monoisotopic (exact) mass is 881 g/mol. The zero-order valence-corrected chi connectivity index (χ0v) is 35.8. The average molecular weight is 882 g/mol. The summed E-state index contributed by atoms with van der Waals surface area (Å²) >= 11 is 1.59. The molecule has 0 radical (unpaired) electrons. The Bertz CT molecular complexity index is 2090. The molecule has 5 unspecified atom stereocenters. The van der Waals surface area contributed by atoms with Gasteiger partial charge in [0.15, 0.2) is 0 Å². The van der Waals surface area contributed by atoms with Crippen molar-refractivity contribution in [2.45, 2.75) is 74.8 Å². The average Bonchev–Trinajstić information content (AvgIpc) is 3.99. The highest BCUT2D eigenvalue weighted by atomic mass is 32.2. The first kappa shape index (κ1) is 44.6. The molecule has 4 fully saturated rings. The maximum Gasteiger partial charge on any atom is 0.262 e. The lowest BCUT2D eigenvalue weighted by Gasteiger charge is -2.36. The quantitative estimate of drug-likeness (QED) is 0.0695. The number of piperidine rings is 1. The molecule has 5 aliphatic rings. The number of benzene rings is 2. The summed E-state index contributed by atoms with van der Waals surface area (Å²) in [5.41, 5.74) is 2.08. The fourth-order valence-corrected chi connectivity index (χ4v) is 10.6. The van der Waals surface area contributed by atoms with Gasteiger partial charge in [-0.15, -0.1) is 11.8 Å². The Morgan fingerprint density at radius 3 is 2.43 bits per heavy atom. The number of piperazine rings is 1. The number of hydrogen-bond acceptors (Lipinski definition) is 14. The van der Waals surface area contributed by atoms with Gasteiger partial charge in [-0.2, -0.15) is 0 Å². The lowest BCUT2D eigenvalue weighted by atomic mass is 10.0. The molecule has 20 heteroatoms. The topological polar surface area (TPSA) is 230 Å². The van der Waals surface area contributed by atoms with Crippen LogP contribution in [0.4, 0.5) is 5.69 Å². The van der Waals surface area contributed by atoms with Crippen LogP contribution < -0.4 is 31.5 Å². The summed E-state index contributed by atoms with van der Waals surface area (Å²) in [7, 11) is -3.39. The van der Waals surface area contributed by atoms with Crippen LogP contribution in [-0.2, 0) is 29.2 Å². The largest absolute Gasteiger partial charge is 0.378 e. The molecule has 18 nitrogen and oxygen atoms in total. The van der Waals surface area contributed by atoms with Crippen LogP contribution in [0.15, 0.2) is 48.5 Å². The third-order valence-corrected chi connectivity index (χ3v) is 14.5. The minimum Gasteiger partial charge on any atom is -0.378 e. The van der Waals surface area contributed by atoms with Gasteiger partial charge in [0.25, 0.3) is 11.8 Å². The van der Waals surface area contributed by atoms with Crippen molar-refractivity contribution in [2.24, 2.45) is 5.92 Å². The van der Waals surface area contributed by atoms with Gasteiger partial charge in [0, 0.05) is 88.6 Å². The van der Waals surface area contributed by atoms with Gasteiger partial charge in [-0.25, -0.2) is 12.7 Å². The second-order valence-electron chi connectivity index (χ2n) is 16.3. The highest BCUT2D eigenvalue weighted by molar-refractivity contribution is 8.00. The number of rotatable bonds is 17. The molecule has 0 aliphatic carbocycles. The molecule has 6 atom stereocenters. The molecular formula is C41H55N9O9S2. The molecule has 61 heavy (non-hydrogen) atoms. The van der Waals surface area contributed by atoms with Crippen molar-refractivity contribution in [3.8, 4) is 0 Å². The summed E-state index contributed by atoms with van der Waals surface area (Å²) in [5, 5.41) is 25.9. The predicted octanol–water partition coefficient (Wildman–Crippen LogP) is -0.0780. The predicted molar refractivity (Wildman–Crippen MR) is 227 cm³/mol. The van der Waals surface area contributed by atoms with E-state index in [-0.39, 0.29) is 59.8 Å². The molecule has 0 saturated carbocycles. The maximum absolute atomic E-state index is 13.6. The number of imide groups is 2. The molecule has 330 valence electrons. The molecule has 2 aromatic carbocycles. The molecule has 4 saturated heterocycles. The van der Waals surface area contributed by atoms with Crippen molar-refractivity contribution < 1.29 is 42.3 Å². The van der Waals surface area contributed by atoms with Crippen molar-refractivity contribution in [2.75, 3.05) is 69.3 Å². The number of hydrogen-bond donors (Lipinski definition) is 6. The number of thioether (sulfide) groups is 1. The fraction of sp³-hybridized carbons (Fsp3) is 0.561. The number of sulfonamides is 1. The standard InChI is InChI=1S/C41H55N9O9S2/c1-61(58,59)49-18-14-27(24-49)36(53)43-31(37(54)46-41-44-32(25-60-41)26-7-3-2-4-8-26)9-5-6-16-42-34(51)15-17-47-19-21-48(22-20-47)28-10-11-29-30(23-28)40(57)50(39(29)56)33-12-13-35(52)45-38(33)55/h2-4,7-8,10-11,23,27,31-33,36,41,43-44,53H,5-6,9,12-22,24-25H2,1H3,(H,42,51)(H,46,54)(H,45,52,55)/t27?,31-,32?,33?,36?,41?/m0/s1. The van der Waals surface area contributed by atoms with Gasteiger partial charge in [0.1, 0.15) is 17.8 Å². The minimum atomic E-state index is -3.39. The van der Waals surface area contributed by atoms with E-state index < -0.39 is 52.0 Å². The zero-order valence-electron chi connectivity index (χ0n) is 34.2. The number of amides is 6. The molecule has 0 spiro atoms. The van der Waals surface area contributed by atoms with Gasteiger partial charge in [-0.3, -0.25) is 54.5 Å². The highest BCUT2D eigenvalue weighted by Gasteiger charge is 2.45. The van der Waals surface area contributed by atoms with Crippen LogP contribution in [0.2, 0.25) is 0 Å². The second-order valence-corrected chi connectivity index (χ2v) is 19.4. The normalized spacial score (nSPS) is 24.8. The summed E-state index contributed by atoms with van der Waals surface area (Å²) in [6.07, 6.45) is 2.62. The van der Waals surface area contributed by atoms with E-state index in [0.29, 0.717) is 77.9 Å². The molecule has 5 heterocycles. The first-order valence-corrected chi connectivity index (χ1v) is 23.9. The number of fused-ring (bicyclic) bond motifs is 1. The van der Waals surface area contributed by atoms with E-state index in [1.807, 2.05) is 30.3 Å². The molecule has 6 N–H and O–H groups in total. The molecule has 6 amide bonds. The lowest BCUT2D eigenvalue weighted by Crippen LogP contribution is -2.54. The van der Waals surface area contributed by atoms with Crippen LogP contribution >= 0.6 is 11.8 Å². The lowest BCUT2D eigenvalue weighted by molar-refractivity contribution is -0.136. The summed E-state index contributed by atoms with van der Waals surface area (Å²) in [5.74, 6) is -2.07. The zero-order chi connectivity index (χ0) is 43.3. The van der Waals surface area contributed by atoms with Crippen LogP contribution in [0, 0.1) is 5.92 Å². The number of nitrogens with one attached hydrogen (secondary N) is 5. The van der Waals surface area contributed by atoms with E-state index in [1.165, 1.54) is 4.31 Å². The number of anilines is 1. The Morgan fingerprint density at radius 1 is 0.951 bits per heavy atom. The number of aliphatic hydroxyl groups is 1. The third-order valence-electron chi connectivity index (χ3n) is 12.1. The van der Waals surface area contributed by atoms with Gasteiger partial charge < -0.3 is 20.6 Å². The third kappa shape index (κ3) is 11.0. The maximum atomic E-state index is 13.6. The summed E-state index contributed by atoms with van der Waals surface area (Å²) in [6.45, 7) is 4.17. The van der Waals surface area contributed by atoms with Crippen molar-refractivity contribution in [3.63, 3.8) is 0 Å². The van der Waals surface area contributed by atoms with E-state index in [0.717, 1.165) is 28.2 Å². The van der Waals surface area contributed by atoms with Gasteiger partial charge in [-0.1, -0.05) is 30.3 Å². The number of unbranched alkanes of at least 4 members (excludes halogenated alkanes) is 1. The van der Waals surface area contributed by atoms with E-state index in [2.05, 4.69) is 36.4 Å². The van der Waals surface area contributed by atoms with Crippen LogP contribution in [0.3, 0.4) is 0 Å². The van der Waals surface area contributed by atoms with E-state index in [4.69, 9.17) is 0 Å². The van der Waals surface area contributed by atoms with E-state index in [1.54, 1.807) is 30.0 Å². The first-order valence-electron chi connectivity index (χ1n) is 21.0. The van der Waals surface area contributed by atoms with Crippen LogP contribution in [0.25, 0.3) is 0 Å². The smallest absolute Gasteiger partial charge is 0.262 e. The minimum absolute atomic E-state index is 0.0572. The highest BCUT2D eigenvalue weighted by Crippen LogP contribution is 2.32. The summed E-state index contributed by atoms with van der Waals surface area (Å²) in [4.78, 5) is 82.1.